The summed E-state index contributed by atoms with van der Waals surface area (Å²) in [5, 5.41) is 2.79. The number of ether oxygens (including phenoxy) is 2. The first kappa shape index (κ1) is 24.1. The summed E-state index contributed by atoms with van der Waals surface area (Å²) in [6, 6.07) is 12.2. The van der Waals surface area contributed by atoms with E-state index >= 15 is 0 Å². The van der Waals surface area contributed by atoms with E-state index in [0.717, 1.165) is 30.4 Å². The van der Waals surface area contributed by atoms with Gasteiger partial charge in [-0.2, -0.15) is 4.31 Å². The number of nitrogens with one attached hydrogen (secondary N) is 1. The third kappa shape index (κ3) is 6.23. The van der Waals surface area contributed by atoms with Crippen LogP contribution in [0.3, 0.4) is 0 Å². The normalized spacial score (nSPS) is 15.7. The first-order valence-corrected chi connectivity index (χ1v) is 12.5. The molecule has 1 aliphatic heterocycles. The van der Waals surface area contributed by atoms with Crippen molar-refractivity contribution in [2.24, 2.45) is 0 Å². The summed E-state index contributed by atoms with van der Waals surface area (Å²) in [6.45, 7) is 7.39. The van der Waals surface area contributed by atoms with E-state index in [-0.39, 0.29) is 17.4 Å². The molecule has 1 fully saturated rings. The maximum absolute atomic E-state index is 12.7. The molecule has 7 nitrogen and oxygen atoms in total. The number of hydrogen-bond acceptors (Lipinski definition) is 5. The topological polar surface area (TPSA) is 84.9 Å². The van der Waals surface area contributed by atoms with Crippen LogP contribution in [0, 0.1) is 13.8 Å². The standard InChI is InChI=1S/C24H32N2O5S/c1-18-7-12-23(19(2)17-18)31-20(3)24(27)25-13-16-30-21-8-10-22(11-9-21)32(28,29)26-14-5-4-6-15-26/h7-12,17,20H,4-6,13-16H2,1-3H3,(H,25,27)/t20-/m0/s1. The molecule has 32 heavy (non-hydrogen) atoms. The molecule has 1 amide bonds. The molecule has 1 N–H and O–H groups in total. The second-order valence-corrected chi connectivity index (χ2v) is 10.0. The summed E-state index contributed by atoms with van der Waals surface area (Å²) in [4.78, 5) is 12.6. The van der Waals surface area contributed by atoms with Gasteiger partial charge in [-0.05, 0) is 69.5 Å². The Labute approximate surface area is 190 Å². The molecule has 0 aliphatic carbocycles. The minimum absolute atomic E-state index is 0.225. The Balaban J connectivity index is 1.43. The lowest BCUT2D eigenvalue weighted by atomic mass is 10.1. The fourth-order valence-corrected chi connectivity index (χ4v) is 5.14. The number of carbonyl (C=O) groups is 1. The molecule has 0 radical (unpaired) electrons. The van der Waals surface area contributed by atoms with E-state index < -0.39 is 16.1 Å². The van der Waals surface area contributed by atoms with E-state index in [9.17, 15) is 13.2 Å². The number of benzene rings is 2. The zero-order valence-electron chi connectivity index (χ0n) is 19.0. The van der Waals surface area contributed by atoms with E-state index in [0.29, 0.717) is 31.1 Å². The van der Waals surface area contributed by atoms with E-state index in [2.05, 4.69) is 5.32 Å². The molecule has 1 aliphatic rings. The van der Waals surface area contributed by atoms with Crippen molar-refractivity contribution in [2.45, 2.75) is 51.0 Å². The lowest BCUT2D eigenvalue weighted by Crippen LogP contribution is -2.38. The van der Waals surface area contributed by atoms with Crippen LogP contribution in [0.4, 0.5) is 0 Å². The molecule has 0 unspecified atom stereocenters. The molecule has 0 spiro atoms. The number of sulfonamides is 1. The molecular weight excluding hydrogens is 428 g/mol. The number of amides is 1. The SMILES string of the molecule is Cc1ccc(O[C@@H](C)C(=O)NCCOc2ccc(S(=O)(=O)N3CCCCC3)cc2)c(C)c1. The molecule has 1 atom stereocenters. The summed E-state index contributed by atoms with van der Waals surface area (Å²) in [5.41, 5.74) is 2.12. The Morgan fingerprint density at radius 3 is 2.41 bits per heavy atom. The fourth-order valence-electron chi connectivity index (χ4n) is 3.62. The van der Waals surface area contributed by atoms with Crippen molar-refractivity contribution in [3.8, 4) is 11.5 Å². The summed E-state index contributed by atoms with van der Waals surface area (Å²) >= 11 is 0. The van der Waals surface area contributed by atoms with Gasteiger partial charge in [0.05, 0.1) is 11.4 Å². The molecule has 3 rings (SSSR count). The summed E-state index contributed by atoms with van der Waals surface area (Å²) in [6.07, 6.45) is 2.25. The van der Waals surface area contributed by atoms with Crippen molar-refractivity contribution >= 4 is 15.9 Å². The van der Waals surface area contributed by atoms with Crippen LogP contribution in [-0.4, -0.2) is 51.0 Å². The van der Waals surface area contributed by atoms with Gasteiger partial charge < -0.3 is 14.8 Å². The minimum atomic E-state index is -3.45. The maximum atomic E-state index is 12.7. The highest BCUT2D eigenvalue weighted by molar-refractivity contribution is 7.89. The van der Waals surface area contributed by atoms with Gasteiger partial charge >= 0.3 is 0 Å². The molecule has 0 saturated carbocycles. The van der Waals surface area contributed by atoms with Crippen molar-refractivity contribution in [3.05, 3.63) is 53.6 Å². The van der Waals surface area contributed by atoms with Gasteiger partial charge in [0.15, 0.2) is 6.10 Å². The third-order valence-corrected chi connectivity index (χ3v) is 7.36. The Morgan fingerprint density at radius 2 is 1.75 bits per heavy atom. The van der Waals surface area contributed by atoms with Gasteiger partial charge in [-0.15, -0.1) is 0 Å². The van der Waals surface area contributed by atoms with Gasteiger partial charge in [0.25, 0.3) is 5.91 Å². The number of piperidine rings is 1. The first-order chi connectivity index (χ1) is 15.3. The summed E-state index contributed by atoms with van der Waals surface area (Å²) in [5.74, 6) is 1.02. The molecule has 174 valence electrons. The van der Waals surface area contributed by atoms with Crippen LogP contribution >= 0.6 is 0 Å². The van der Waals surface area contributed by atoms with E-state index in [1.165, 1.54) is 0 Å². The largest absolute Gasteiger partial charge is 0.492 e. The second kappa shape index (κ2) is 10.8. The zero-order chi connectivity index (χ0) is 23.1. The number of nitrogens with zero attached hydrogens (tertiary/aromatic N) is 1. The van der Waals surface area contributed by atoms with Gasteiger partial charge in [0.1, 0.15) is 18.1 Å². The van der Waals surface area contributed by atoms with Gasteiger partial charge in [0.2, 0.25) is 10.0 Å². The second-order valence-electron chi connectivity index (χ2n) is 8.10. The molecule has 8 heteroatoms. The number of hydrogen-bond donors (Lipinski definition) is 1. The Hall–Kier alpha value is -2.58. The molecule has 2 aromatic carbocycles. The summed E-state index contributed by atoms with van der Waals surface area (Å²) < 4.78 is 38.3. The van der Waals surface area contributed by atoms with Crippen molar-refractivity contribution in [2.75, 3.05) is 26.2 Å². The van der Waals surface area contributed by atoms with Crippen LogP contribution in [0.2, 0.25) is 0 Å². The van der Waals surface area contributed by atoms with Gasteiger partial charge in [-0.3, -0.25) is 4.79 Å². The summed E-state index contributed by atoms with van der Waals surface area (Å²) in [7, 11) is -3.45. The minimum Gasteiger partial charge on any atom is -0.492 e. The van der Waals surface area contributed by atoms with Crippen LogP contribution in [0.25, 0.3) is 0 Å². The average molecular weight is 461 g/mol. The highest BCUT2D eigenvalue weighted by atomic mass is 32.2. The molecule has 0 aromatic heterocycles. The first-order valence-electron chi connectivity index (χ1n) is 11.0. The monoisotopic (exact) mass is 460 g/mol. The van der Waals surface area contributed by atoms with Crippen LogP contribution < -0.4 is 14.8 Å². The smallest absolute Gasteiger partial charge is 0.260 e. The van der Waals surface area contributed by atoms with Crippen molar-refractivity contribution in [1.29, 1.82) is 0 Å². The van der Waals surface area contributed by atoms with Crippen LogP contribution in [-0.2, 0) is 14.8 Å². The quantitative estimate of drug-likeness (QED) is 0.580. The number of carbonyl (C=O) groups excluding carboxylic acids is 1. The highest BCUT2D eigenvalue weighted by Crippen LogP contribution is 2.23. The molecule has 0 bridgehead atoms. The maximum Gasteiger partial charge on any atom is 0.260 e. The Morgan fingerprint density at radius 1 is 1.06 bits per heavy atom. The number of rotatable bonds is 9. The van der Waals surface area contributed by atoms with E-state index in [1.807, 2.05) is 32.0 Å². The molecule has 2 aromatic rings. The third-order valence-electron chi connectivity index (χ3n) is 5.45. The van der Waals surface area contributed by atoms with Gasteiger partial charge in [-0.25, -0.2) is 8.42 Å². The van der Waals surface area contributed by atoms with Crippen molar-refractivity contribution in [1.82, 2.24) is 9.62 Å². The van der Waals surface area contributed by atoms with Crippen molar-refractivity contribution < 1.29 is 22.7 Å². The Kier molecular flexibility index (Phi) is 8.15. The molecule has 1 heterocycles. The van der Waals surface area contributed by atoms with Crippen LogP contribution in [0.5, 0.6) is 11.5 Å². The van der Waals surface area contributed by atoms with E-state index in [4.69, 9.17) is 9.47 Å². The highest BCUT2D eigenvalue weighted by Gasteiger charge is 2.25. The van der Waals surface area contributed by atoms with Crippen LogP contribution in [0.1, 0.15) is 37.3 Å². The number of aryl methyl sites for hydroxylation is 2. The lowest BCUT2D eigenvalue weighted by Gasteiger charge is -2.25. The predicted octanol–water partition coefficient (Wildman–Crippen LogP) is 3.44. The van der Waals surface area contributed by atoms with Gasteiger partial charge in [-0.1, -0.05) is 24.1 Å². The molecular formula is C24H32N2O5S. The fraction of sp³-hybridized carbons (Fsp3) is 0.458. The van der Waals surface area contributed by atoms with Crippen LogP contribution in [0.15, 0.2) is 47.4 Å². The average Bonchev–Trinajstić information content (AvgIpc) is 2.79. The van der Waals surface area contributed by atoms with E-state index in [1.54, 1.807) is 35.5 Å². The molecule has 1 saturated heterocycles. The lowest BCUT2D eigenvalue weighted by molar-refractivity contribution is -0.127. The predicted molar refractivity (Wildman–Crippen MR) is 124 cm³/mol. The zero-order valence-corrected chi connectivity index (χ0v) is 19.8. The Bertz CT molecular complexity index is 1020. The van der Waals surface area contributed by atoms with Gasteiger partial charge in [0, 0.05) is 13.1 Å². The van der Waals surface area contributed by atoms with Crippen molar-refractivity contribution in [3.63, 3.8) is 0 Å².